The molecular formula is C18H13ClN2O3S. The maximum absolute atomic E-state index is 13.1. The molecule has 1 aromatic heterocycles. The number of ketones is 1. The van der Waals surface area contributed by atoms with E-state index in [9.17, 15) is 13.2 Å². The Balaban J connectivity index is 2.35. The fraction of sp³-hybridized carbons (Fsp3) is 0.111. The van der Waals surface area contributed by atoms with E-state index >= 15 is 0 Å². The monoisotopic (exact) mass is 372 g/mol. The number of hydrogen-bond acceptors (Lipinski definition) is 4. The summed E-state index contributed by atoms with van der Waals surface area (Å²) < 4.78 is 27.3. The zero-order valence-electron chi connectivity index (χ0n) is 13.2. The Morgan fingerprint density at radius 1 is 1.20 bits per heavy atom. The SMILES string of the molecule is Cc1ccc(S(=O)(=O)n2c(C(=O)CC#N)cc3c(Cl)cccc32)cc1. The molecule has 25 heavy (non-hydrogen) atoms. The Bertz CT molecular complexity index is 1120. The van der Waals surface area contributed by atoms with Crippen molar-refractivity contribution < 1.29 is 13.2 Å². The summed E-state index contributed by atoms with van der Waals surface area (Å²) in [5.41, 5.74) is 1.14. The highest BCUT2D eigenvalue weighted by molar-refractivity contribution is 7.90. The average molecular weight is 373 g/mol. The van der Waals surface area contributed by atoms with Gasteiger partial charge in [-0.2, -0.15) is 5.26 Å². The summed E-state index contributed by atoms with van der Waals surface area (Å²) in [5, 5.41) is 9.59. The van der Waals surface area contributed by atoms with E-state index in [1.807, 2.05) is 6.92 Å². The van der Waals surface area contributed by atoms with Crippen LogP contribution in [0, 0.1) is 18.3 Å². The van der Waals surface area contributed by atoms with E-state index in [0.29, 0.717) is 15.9 Å². The molecule has 2 aromatic carbocycles. The largest absolute Gasteiger partial charge is 0.291 e. The third-order valence-corrected chi connectivity index (χ3v) is 5.90. The number of rotatable bonds is 4. The number of Topliss-reactive ketones (excluding diaryl/α,β-unsaturated/α-hetero) is 1. The average Bonchev–Trinajstić information content (AvgIpc) is 2.97. The Labute approximate surface area is 150 Å². The van der Waals surface area contributed by atoms with E-state index < -0.39 is 22.2 Å². The van der Waals surface area contributed by atoms with E-state index in [1.165, 1.54) is 18.2 Å². The van der Waals surface area contributed by atoms with Crippen LogP contribution < -0.4 is 0 Å². The van der Waals surface area contributed by atoms with E-state index in [-0.39, 0.29) is 10.6 Å². The standard InChI is InChI=1S/C18H13ClN2O3S/c1-12-5-7-13(8-6-12)25(23,24)21-16-4-2-3-15(19)14(16)11-17(21)18(22)9-10-20/h2-8,11H,9H2,1H3. The van der Waals surface area contributed by atoms with Gasteiger partial charge in [0.2, 0.25) is 0 Å². The van der Waals surface area contributed by atoms with Crippen LogP contribution in [0.1, 0.15) is 22.5 Å². The molecule has 0 radical (unpaired) electrons. The van der Waals surface area contributed by atoms with Crippen molar-refractivity contribution in [3.8, 4) is 6.07 Å². The first-order valence-electron chi connectivity index (χ1n) is 7.38. The molecule has 5 nitrogen and oxygen atoms in total. The Kier molecular flexibility index (Phi) is 4.38. The molecule has 0 bridgehead atoms. The minimum absolute atomic E-state index is 0.0570. The van der Waals surface area contributed by atoms with Gasteiger partial charge in [-0.15, -0.1) is 0 Å². The second kappa shape index (κ2) is 6.36. The van der Waals surface area contributed by atoms with Crippen LogP contribution in [-0.4, -0.2) is 18.2 Å². The van der Waals surface area contributed by atoms with E-state index in [1.54, 1.807) is 36.4 Å². The van der Waals surface area contributed by atoms with Crippen LogP contribution in [-0.2, 0) is 10.0 Å². The maximum atomic E-state index is 13.1. The fourth-order valence-corrected chi connectivity index (χ4v) is 4.35. The summed E-state index contributed by atoms with van der Waals surface area (Å²) in [6, 6.07) is 14.3. The van der Waals surface area contributed by atoms with Gasteiger partial charge in [0, 0.05) is 10.4 Å². The number of nitriles is 1. The van der Waals surface area contributed by atoms with Crippen molar-refractivity contribution in [2.45, 2.75) is 18.2 Å². The molecule has 126 valence electrons. The van der Waals surface area contributed by atoms with Gasteiger partial charge < -0.3 is 0 Å². The van der Waals surface area contributed by atoms with E-state index in [4.69, 9.17) is 16.9 Å². The van der Waals surface area contributed by atoms with Gasteiger partial charge in [0.25, 0.3) is 10.0 Å². The van der Waals surface area contributed by atoms with Gasteiger partial charge in [0.1, 0.15) is 12.1 Å². The smallest absolute Gasteiger partial charge is 0.268 e. The number of nitrogens with zero attached hydrogens (tertiary/aromatic N) is 2. The fourth-order valence-electron chi connectivity index (χ4n) is 2.60. The molecule has 0 aliphatic carbocycles. The quantitative estimate of drug-likeness (QED) is 0.650. The predicted octanol–water partition coefficient (Wildman–Crippen LogP) is 3.94. The van der Waals surface area contributed by atoms with Gasteiger partial charge in [0.15, 0.2) is 5.78 Å². The molecule has 0 spiro atoms. The lowest BCUT2D eigenvalue weighted by atomic mass is 10.2. The molecule has 0 aliphatic rings. The number of benzene rings is 2. The van der Waals surface area contributed by atoms with Crippen LogP contribution in [0.2, 0.25) is 5.02 Å². The first-order chi connectivity index (χ1) is 11.9. The third-order valence-electron chi connectivity index (χ3n) is 3.83. The lowest BCUT2D eigenvalue weighted by Crippen LogP contribution is -2.18. The van der Waals surface area contributed by atoms with Gasteiger partial charge >= 0.3 is 0 Å². The van der Waals surface area contributed by atoms with Crippen molar-refractivity contribution in [1.82, 2.24) is 3.97 Å². The summed E-state index contributed by atoms with van der Waals surface area (Å²) in [7, 11) is -4.02. The van der Waals surface area contributed by atoms with Crippen molar-refractivity contribution in [1.29, 1.82) is 5.26 Å². The first kappa shape index (κ1) is 17.2. The molecule has 0 saturated heterocycles. The van der Waals surface area contributed by atoms with Crippen LogP contribution in [0.4, 0.5) is 0 Å². The van der Waals surface area contributed by atoms with Crippen molar-refractivity contribution in [2.24, 2.45) is 0 Å². The topological polar surface area (TPSA) is 79.9 Å². The molecule has 7 heteroatoms. The van der Waals surface area contributed by atoms with Crippen LogP contribution in [0.15, 0.2) is 53.4 Å². The third kappa shape index (κ3) is 2.93. The highest BCUT2D eigenvalue weighted by Gasteiger charge is 2.26. The molecule has 0 aliphatic heterocycles. The normalized spacial score (nSPS) is 11.4. The van der Waals surface area contributed by atoms with Crippen molar-refractivity contribution in [3.63, 3.8) is 0 Å². The molecule has 3 aromatic rings. The van der Waals surface area contributed by atoms with Crippen molar-refractivity contribution in [3.05, 3.63) is 64.8 Å². The second-order valence-electron chi connectivity index (χ2n) is 5.54. The van der Waals surface area contributed by atoms with Crippen LogP contribution in [0.5, 0.6) is 0 Å². The number of aryl methyl sites for hydroxylation is 1. The number of hydrogen-bond donors (Lipinski definition) is 0. The number of fused-ring (bicyclic) bond motifs is 1. The molecule has 0 amide bonds. The van der Waals surface area contributed by atoms with Gasteiger partial charge in [-0.05, 0) is 37.3 Å². The van der Waals surface area contributed by atoms with Crippen LogP contribution in [0.25, 0.3) is 10.9 Å². The summed E-state index contributed by atoms with van der Waals surface area (Å²) in [6.45, 7) is 1.85. The van der Waals surface area contributed by atoms with Gasteiger partial charge in [0.05, 0.1) is 16.5 Å². The zero-order chi connectivity index (χ0) is 18.2. The van der Waals surface area contributed by atoms with Crippen LogP contribution in [0.3, 0.4) is 0 Å². The number of halogens is 1. The summed E-state index contributed by atoms with van der Waals surface area (Å²) in [4.78, 5) is 12.4. The minimum atomic E-state index is -4.02. The zero-order valence-corrected chi connectivity index (χ0v) is 14.8. The first-order valence-corrected chi connectivity index (χ1v) is 9.20. The highest BCUT2D eigenvalue weighted by atomic mass is 35.5. The molecule has 0 atom stereocenters. The predicted molar refractivity (Wildman–Crippen MR) is 95.3 cm³/mol. The molecule has 3 rings (SSSR count). The van der Waals surface area contributed by atoms with Crippen molar-refractivity contribution >= 4 is 38.3 Å². The minimum Gasteiger partial charge on any atom is -0.291 e. The maximum Gasteiger partial charge on any atom is 0.268 e. The number of aromatic nitrogens is 1. The summed E-state index contributed by atoms with van der Waals surface area (Å²) in [5.74, 6) is -0.578. The number of carbonyl (C=O) groups excluding carboxylic acids is 1. The highest BCUT2D eigenvalue weighted by Crippen LogP contribution is 2.31. The van der Waals surface area contributed by atoms with Gasteiger partial charge in [-0.3, -0.25) is 4.79 Å². The Hall–Kier alpha value is -2.62. The van der Waals surface area contributed by atoms with Gasteiger partial charge in [-0.1, -0.05) is 35.4 Å². The molecular weight excluding hydrogens is 360 g/mol. The molecule has 0 saturated carbocycles. The second-order valence-corrected chi connectivity index (χ2v) is 7.74. The molecule has 0 unspecified atom stereocenters. The molecule has 0 N–H and O–H groups in total. The lowest BCUT2D eigenvalue weighted by Gasteiger charge is -2.11. The lowest BCUT2D eigenvalue weighted by molar-refractivity contribution is 0.0992. The summed E-state index contributed by atoms with van der Waals surface area (Å²) in [6.07, 6.45) is -0.419. The number of carbonyl (C=O) groups is 1. The van der Waals surface area contributed by atoms with Crippen molar-refractivity contribution in [2.75, 3.05) is 0 Å². The molecule has 0 fully saturated rings. The van der Waals surface area contributed by atoms with E-state index in [2.05, 4.69) is 0 Å². The summed E-state index contributed by atoms with van der Waals surface area (Å²) >= 11 is 6.16. The molecule has 1 heterocycles. The van der Waals surface area contributed by atoms with Gasteiger partial charge in [-0.25, -0.2) is 12.4 Å². The Morgan fingerprint density at radius 2 is 1.88 bits per heavy atom. The van der Waals surface area contributed by atoms with Crippen LogP contribution >= 0.6 is 11.6 Å². The van der Waals surface area contributed by atoms with E-state index in [0.717, 1.165) is 9.54 Å². The Morgan fingerprint density at radius 3 is 2.52 bits per heavy atom.